The monoisotopic (exact) mass is 423 g/mol. The first kappa shape index (κ1) is 20.4. The van der Waals surface area contributed by atoms with Gasteiger partial charge in [-0.2, -0.15) is 17.6 Å². The summed E-state index contributed by atoms with van der Waals surface area (Å²) >= 11 is 0. The van der Waals surface area contributed by atoms with Crippen molar-refractivity contribution in [2.45, 2.75) is 43.9 Å². The van der Waals surface area contributed by atoms with E-state index in [1.165, 1.54) is 18.5 Å². The maximum atomic E-state index is 15.1. The molecule has 2 atom stereocenters. The predicted molar refractivity (Wildman–Crippen MR) is 102 cm³/mol. The normalized spacial score (nSPS) is 21.7. The van der Waals surface area contributed by atoms with Crippen molar-refractivity contribution in [1.82, 2.24) is 15.3 Å². The van der Waals surface area contributed by atoms with Gasteiger partial charge in [-0.15, -0.1) is 0 Å². The highest BCUT2D eigenvalue weighted by Crippen LogP contribution is 2.38. The molecule has 1 aromatic heterocycles. The van der Waals surface area contributed by atoms with Crippen LogP contribution < -0.4 is 15.5 Å². The number of benzene rings is 1. The molecule has 160 valence electrons. The van der Waals surface area contributed by atoms with Crippen molar-refractivity contribution < 1.29 is 22.4 Å². The van der Waals surface area contributed by atoms with E-state index in [2.05, 4.69) is 20.6 Å². The van der Waals surface area contributed by atoms with Crippen molar-refractivity contribution in [2.75, 3.05) is 23.3 Å². The van der Waals surface area contributed by atoms with E-state index in [9.17, 15) is 18.0 Å². The largest absolute Gasteiger partial charge is 0.416 e. The molecular formula is C20H21F4N5O. The number of rotatable bonds is 5. The zero-order valence-corrected chi connectivity index (χ0v) is 16.0. The lowest BCUT2D eigenvalue weighted by Gasteiger charge is -2.27. The molecule has 6 nitrogen and oxygen atoms in total. The van der Waals surface area contributed by atoms with Gasteiger partial charge < -0.3 is 15.5 Å². The van der Waals surface area contributed by atoms with Crippen LogP contribution >= 0.6 is 0 Å². The smallest absolute Gasteiger partial charge is 0.365 e. The maximum Gasteiger partial charge on any atom is 0.416 e. The molecule has 2 unspecified atom stereocenters. The first-order valence-corrected chi connectivity index (χ1v) is 9.80. The van der Waals surface area contributed by atoms with Crippen LogP contribution in [-0.4, -0.2) is 35.0 Å². The number of hydrogen-bond donors (Lipinski definition) is 2. The Morgan fingerprint density at radius 2 is 1.93 bits per heavy atom. The predicted octanol–water partition coefficient (Wildman–Crippen LogP) is 3.67. The van der Waals surface area contributed by atoms with Crippen molar-refractivity contribution in [3.63, 3.8) is 0 Å². The van der Waals surface area contributed by atoms with Gasteiger partial charge in [0.15, 0.2) is 11.6 Å². The number of carbonyl (C=O) groups is 1. The lowest BCUT2D eigenvalue weighted by Crippen LogP contribution is -2.32. The molecule has 1 amide bonds. The molecule has 30 heavy (non-hydrogen) atoms. The van der Waals surface area contributed by atoms with Crippen LogP contribution in [0.1, 0.15) is 42.9 Å². The summed E-state index contributed by atoms with van der Waals surface area (Å²) in [5.74, 6) is -0.479. The van der Waals surface area contributed by atoms with E-state index in [-0.39, 0.29) is 29.6 Å². The second-order valence-corrected chi connectivity index (χ2v) is 7.52. The van der Waals surface area contributed by atoms with Crippen molar-refractivity contribution in [2.24, 2.45) is 0 Å². The first-order valence-electron chi connectivity index (χ1n) is 9.80. The summed E-state index contributed by atoms with van der Waals surface area (Å²) in [7, 11) is 0. The van der Waals surface area contributed by atoms with Gasteiger partial charge in [0.25, 0.3) is 0 Å². The summed E-state index contributed by atoms with van der Waals surface area (Å²) in [4.78, 5) is 21.1. The molecule has 4 rings (SSSR count). The van der Waals surface area contributed by atoms with E-state index in [0.29, 0.717) is 37.9 Å². The van der Waals surface area contributed by atoms with Gasteiger partial charge in [0.1, 0.15) is 6.33 Å². The lowest BCUT2D eigenvalue weighted by atomic mass is 10.0. The minimum Gasteiger partial charge on any atom is -0.365 e. The van der Waals surface area contributed by atoms with Crippen molar-refractivity contribution in [1.29, 1.82) is 0 Å². The Labute approximate surface area is 170 Å². The number of aromatic nitrogens is 2. The molecule has 0 spiro atoms. The zero-order valence-electron chi connectivity index (χ0n) is 16.0. The number of carbonyl (C=O) groups excluding carboxylic acids is 1. The summed E-state index contributed by atoms with van der Waals surface area (Å²) in [5, 5.41) is 5.72. The van der Waals surface area contributed by atoms with Crippen molar-refractivity contribution >= 4 is 17.5 Å². The van der Waals surface area contributed by atoms with E-state index in [1.807, 2.05) is 0 Å². The number of nitrogens with zero attached hydrogens (tertiary/aromatic N) is 3. The fourth-order valence-corrected chi connectivity index (χ4v) is 4.00. The number of anilines is 2. The number of alkyl halides is 3. The Kier molecular flexibility index (Phi) is 5.48. The first-order chi connectivity index (χ1) is 14.3. The molecule has 2 aromatic rings. The van der Waals surface area contributed by atoms with Gasteiger partial charge in [0.05, 0.1) is 11.6 Å². The van der Waals surface area contributed by atoms with Crippen LogP contribution in [0.5, 0.6) is 0 Å². The third kappa shape index (κ3) is 4.17. The Bertz CT molecular complexity index is 918. The molecule has 2 saturated heterocycles. The highest BCUT2D eigenvalue weighted by Gasteiger charge is 2.33. The van der Waals surface area contributed by atoms with E-state index in [0.717, 1.165) is 18.6 Å². The van der Waals surface area contributed by atoms with Crippen LogP contribution in [0.15, 0.2) is 30.6 Å². The molecule has 0 bridgehead atoms. The fraction of sp³-hybridized carbons (Fsp3) is 0.450. The molecule has 2 N–H and O–H groups in total. The van der Waals surface area contributed by atoms with Crippen LogP contribution in [0.2, 0.25) is 0 Å². The van der Waals surface area contributed by atoms with E-state index < -0.39 is 17.6 Å². The number of hydrogen-bond acceptors (Lipinski definition) is 5. The van der Waals surface area contributed by atoms with Crippen LogP contribution in [0.4, 0.5) is 29.2 Å². The summed E-state index contributed by atoms with van der Waals surface area (Å²) in [6, 6.07) is 4.62. The molecule has 10 heteroatoms. The Morgan fingerprint density at radius 3 is 2.60 bits per heavy atom. The highest BCUT2D eigenvalue weighted by molar-refractivity contribution is 5.78. The SMILES string of the molecule is O=C1CCC(CNc2ncnc(N3CCCC3c3ccc(C(F)(F)F)cc3)c2F)N1. The molecule has 1 aromatic carbocycles. The topological polar surface area (TPSA) is 70.2 Å². The standard InChI is InChI=1S/C20H21F4N5O/c21-17-18(25-10-14-7-8-16(30)28-14)26-11-27-19(17)29-9-1-2-15(29)12-3-5-13(6-4-12)20(22,23)24/h3-6,11,14-15H,1-2,7-10H2,(H,28,30)(H,25,26,27). The second-order valence-electron chi connectivity index (χ2n) is 7.52. The van der Waals surface area contributed by atoms with Crippen LogP contribution in [0, 0.1) is 5.82 Å². The maximum absolute atomic E-state index is 15.1. The van der Waals surface area contributed by atoms with Gasteiger partial charge >= 0.3 is 6.18 Å². The molecule has 0 aliphatic carbocycles. The summed E-state index contributed by atoms with van der Waals surface area (Å²) in [5.41, 5.74) is -0.0313. The Hall–Kier alpha value is -2.91. The number of nitrogens with one attached hydrogen (secondary N) is 2. The summed E-state index contributed by atoms with van der Waals surface area (Å²) in [6.07, 6.45) is -0.556. The van der Waals surface area contributed by atoms with Gasteiger partial charge in [-0.05, 0) is 37.0 Å². The lowest BCUT2D eigenvalue weighted by molar-refractivity contribution is -0.137. The molecule has 2 fully saturated rings. The van der Waals surface area contributed by atoms with Gasteiger partial charge in [-0.3, -0.25) is 4.79 Å². The molecule has 2 aliphatic heterocycles. The molecule has 0 radical (unpaired) electrons. The second kappa shape index (κ2) is 8.08. The Morgan fingerprint density at radius 1 is 1.17 bits per heavy atom. The van der Waals surface area contributed by atoms with Crippen molar-refractivity contribution in [3.05, 3.63) is 47.5 Å². The van der Waals surface area contributed by atoms with E-state index in [4.69, 9.17) is 0 Å². The summed E-state index contributed by atoms with van der Waals surface area (Å²) < 4.78 is 53.6. The molecule has 2 aliphatic rings. The number of amides is 1. The summed E-state index contributed by atoms with van der Waals surface area (Å²) in [6.45, 7) is 0.888. The fourth-order valence-electron chi connectivity index (χ4n) is 4.00. The number of halogens is 4. The third-order valence-corrected chi connectivity index (χ3v) is 5.52. The zero-order chi connectivity index (χ0) is 21.3. The quantitative estimate of drug-likeness (QED) is 0.719. The molecular weight excluding hydrogens is 402 g/mol. The van der Waals surface area contributed by atoms with Crippen LogP contribution in [0.25, 0.3) is 0 Å². The highest BCUT2D eigenvalue weighted by atomic mass is 19.4. The third-order valence-electron chi connectivity index (χ3n) is 5.52. The average Bonchev–Trinajstić information content (AvgIpc) is 3.36. The van der Waals surface area contributed by atoms with Crippen molar-refractivity contribution in [3.8, 4) is 0 Å². The van der Waals surface area contributed by atoms with E-state index >= 15 is 4.39 Å². The minimum atomic E-state index is -4.40. The van der Waals surface area contributed by atoms with Gasteiger partial charge in [-0.25, -0.2) is 9.97 Å². The minimum absolute atomic E-state index is 0.0258. The van der Waals surface area contributed by atoms with Gasteiger partial charge in [0, 0.05) is 25.6 Å². The molecule has 3 heterocycles. The van der Waals surface area contributed by atoms with Crippen LogP contribution in [-0.2, 0) is 11.0 Å². The van der Waals surface area contributed by atoms with E-state index in [1.54, 1.807) is 4.90 Å². The van der Waals surface area contributed by atoms with Gasteiger partial charge in [0.2, 0.25) is 11.7 Å². The van der Waals surface area contributed by atoms with Gasteiger partial charge in [-0.1, -0.05) is 12.1 Å². The average molecular weight is 423 g/mol. The van der Waals surface area contributed by atoms with Crippen LogP contribution in [0.3, 0.4) is 0 Å². The molecule has 0 saturated carbocycles. The Balaban J connectivity index is 1.52.